The molecule has 1 fully saturated rings. The number of carbonyl (C=O) groups is 1. The molecule has 6 heteroatoms. The molecule has 6 nitrogen and oxygen atoms in total. The molecule has 0 atom stereocenters. The normalized spacial score (nSPS) is 18.2. The Balaban J connectivity index is 1.42. The molecule has 2 aliphatic heterocycles. The summed E-state index contributed by atoms with van der Waals surface area (Å²) in [7, 11) is 0. The largest absolute Gasteiger partial charge is 0.337 e. The lowest BCUT2D eigenvalue weighted by molar-refractivity contribution is 0.0705. The van der Waals surface area contributed by atoms with Crippen LogP contribution in [0.2, 0.25) is 0 Å². The van der Waals surface area contributed by atoms with E-state index in [1.165, 1.54) is 11.3 Å². The first-order chi connectivity index (χ1) is 11.8. The van der Waals surface area contributed by atoms with Crippen molar-refractivity contribution in [3.63, 3.8) is 0 Å². The van der Waals surface area contributed by atoms with E-state index in [1.807, 2.05) is 23.2 Å². The zero-order valence-corrected chi connectivity index (χ0v) is 13.6. The Labute approximate surface area is 141 Å². The highest BCUT2D eigenvalue weighted by Crippen LogP contribution is 2.27. The molecule has 0 aromatic carbocycles. The zero-order chi connectivity index (χ0) is 16.4. The number of pyridine rings is 1. The van der Waals surface area contributed by atoms with Crippen LogP contribution in [0.3, 0.4) is 0 Å². The van der Waals surface area contributed by atoms with Gasteiger partial charge in [-0.25, -0.2) is 9.97 Å². The number of likely N-dealkylation sites (tertiary alicyclic amines) is 1. The van der Waals surface area contributed by atoms with Crippen LogP contribution in [0.15, 0.2) is 30.6 Å². The van der Waals surface area contributed by atoms with Crippen molar-refractivity contribution >= 4 is 5.91 Å². The number of hydrogen-bond acceptors (Lipinski definition) is 5. The molecule has 124 valence electrons. The molecule has 1 saturated heterocycles. The summed E-state index contributed by atoms with van der Waals surface area (Å²) in [5, 5.41) is 3.34. The van der Waals surface area contributed by atoms with Crippen molar-refractivity contribution in [2.75, 3.05) is 19.6 Å². The number of hydrogen-bond donors (Lipinski definition) is 1. The van der Waals surface area contributed by atoms with Crippen molar-refractivity contribution in [2.45, 2.75) is 31.7 Å². The first kappa shape index (κ1) is 15.2. The summed E-state index contributed by atoms with van der Waals surface area (Å²) < 4.78 is 0. The standard InChI is InChI=1S/C18H21N5O/c24-18(16-3-1-2-7-20-16)23-9-5-13(6-10-23)17-21-12-14-11-19-8-4-15(14)22-17/h1-3,7,12-13,19H,4-6,8-11H2. The van der Waals surface area contributed by atoms with Gasteiger partial charge in [-0.1, -0.05) is 6.07 Å². The maximum Gasteiger partial charge on any atom is 0.272 e. The van der Waals surface area contributed by atoms with E-state index >= 15 is 0 Å². The van der Waals surface area contributed by atoms with Crippen molar-refractivity contribution in [1.82, 2.24) is 25.2 Å². The number of rotatable bonds is 2. The van der Waals surface area contributed by atoms with Gasteiger partial charge < -0.3 is 10.2 Å². The minimum atomic E-state index is 0.0199. The van der Waals surface area contributed by atoms with E-state index in [2.05, 4.69) is 15.3 Å². The monoisotopic (exact) mass is 323 g/mol. The van der Waals surface area contributed by atoms with E-state index in [-0.39, 0.29) is 5.91 Å². The zero-order valence-electron chi connectivity index (χ0n) is 13.6. The van der Waals surface area contributed by atoms with Crippen LogP contribution in [0, 0.1) is 0 Å². The molecule has 0 unspecified atom stereocenters. The smallest absolute Gasteiger partial charge is 0.272 e. The molecule has 0 aliphatic carbocycles. The molecule has 4 rings (SSSR count). The molecule has 0 radical (unpaired) electrons. The van der Waals surface area contributed by atoms with Crippen LogP contribution < -0.4 is 5.32 Å². The molecule has 2 aromatic rings. The van der Waals surface area contributed by atoms with E-state index in [9.17, 15) is 4.79 Å². The lowest BCUT2D eigenvalue weighted by Gasteiger charge is -2.31. The number of nitrogens with one attached hydrogen (secondary N) is 1. The number of aromatic nitrogens is 3. The van der Waals surface area contributed by atoms with Crippen LogP contribution in [0.25, 0.3) is 0 Å². The fourth-order valence-corrected chi connectivity index (χ4v) is 3.44. The van der Waals surface area contributed by atoms with Gasteiger partial charge in [-0.05, 0) is 25.0 Å². The summed E-state index contributed by atoms with van der Waals surface area (Å²) >= 11 is 0. The minimum Gasteiger partial charge on any atom is -0.337 e. The second-order valence-electron chi connectivity index (χ2n) is 6.41. The summed E-state index contributed by atoms with van der Waals surface area (Å²) in [6.45, 7) is 3.33. The maximum atomic E-state index is 12.5. The lowest BCUT2D eigenvalue weighted by atomic mass is 9.95. The van der Waals surface area contributed by atoms with Gasteiger partial charge >= 0.3 is 0 Å². The van der Waals surface area contributed by atoms with Gasteiger partial charge in [0.25, 0.3) is 5.91 Å². The fourth-order valence-electron chi connectivity index (χ4n) is 3.44. The maximum absolute atomic E-state index is 12.5. The Morgan fingerprint density at radius 3 is 2.88 bits per heavy atom. The molecule has 4 heterocycles. The van der Waals surface area contributed by atoms with Gasteiger partial charge in [0.05, 0.1) is 0 Å². The third-order valence-corrected chi connectivity index (χ3v) is 4.86. The molecular weight excluding hydrogens is 302 g/mol. The molecule has 0 bridgehead atoms. The van der Waals surface area contributed by atoms with Gasteiger partial charge in [-0.15, -0.1) is 0 Å². The van der Waals surface area contributed by atoms with Gasteiger partial charge in [0.1, 0.15) is 11.5 Å². The first-order valence-electron chi connectivity index (χ1n) is 8.57. The molecule has 0 spiro atoms. The third-order valence-electron chi connectivity index (χ3n) is 4.86. The predicted octanol–water partition coefficient (Wildman–Crippen LogP) is 1.54. The summed E-state index contributed by atoms with van der Waals surface area (Å²) in [5.74, 6) is 1.31. The summed E-state index contributed by atoms with van der Waals surface area (Å²) in [4.78, 5) is 27.9. The van der Waals surface area contributed by atoms with Crippen LogP contribution >= 0.6 is 0 Å². The predicted molar refractivity (Wildman–Crippen MR) is 89.6 cm³/mol. The van der Waals surface area contributed by atoms with Gasteiger partial charge in [-0.3, -0.25) is 9.78 Å². The van der Waals surface area contributed by atoms with Gasteiger partial charge in [0, 0.05) is 62.2 Å². The number of carbonyl (C=O) groups excluding carboxylic acids is 1. The fraction of sp³-hybridized carbons (Fsp3) is 0.444. The average molecular weight is 323 g/mol. The number of piperidine rings is 1. The second-order valence-corrected chi connectivity index (χ2v) is 6.41. The molecule has 24 heavy (non-hydrogen) atoms. The topological polar surface area (TPSA) is 71.0 Å². The van der Waals surface area contributed by atoms with Crippen molar-refractivity contribution in [2.24, 2.45) is 0 Å². The highest BCUT2D eigenvalue weighted by atomic mass is 16.2. The molecule has 0 saturated carbocycles. The Morgan fingerprint density at radius 1 is 1.21 bits per heavy atom. The second kappa shape index (κ2) is 6.65. The van der Waals surface area contributed by atoms with Crippen LogP contribution in [-0.4, -0.2) is 45.4 Å². The summed E-state index contributed by atoms with van der Waals surface area (Å²) in [6.07, 6.45) is 6.43. The summed E-state index contributed by atoms with van der Waals surface area (Å²) in [6, 6.07) is 5.45. The SMILES string of the molecule is O=C(c1ccccn1)N1CCC(c2ncc3c(n2)CCNC3)CC1. The lowest BCUT2D eigenvalue weighted by Crippen LogP contribution is -2.38. The highest BCUT2D eigenvalue weighted by molar-refractivity contribution is 5.92. The number of nitrogens with zero attached hydrogens (tertiary/aromatic N) is 4. The Kier molecular flexibility index (Phi) is 4.21. The van der Waals surface area contributed by atoms with Gasteiger partial charge in [-0.2, -0.15) is 0 Å². The third kappa shape index (κ3) is 3.01. The van der Waals surface area contributed by atoms with Crippen molar-refractivity contribution in [1.29, 1.82) is 0 Å². The molecule has 1 amide bonds. The Bertz CT molecular complexity index is 725. The first-order valence-corrected chi connectivity index (χ1v) is 8.57. The average Bonchev–Trinajstić information content (AvgIpc) is 2.68. The van der Waals surface area contributed by atoms with E-state index in [0.717, 1.165) is 51.3 Å². The number of fused-ring (bicyclic) bond motifs is 1. The van der Waals surface area contributed by atoms with Crippen LogP contribution in [0.1, 0.15) is 46.3 Å². The molecule has 2 aromatic heterocycles. The van der Waals surface area contributed by atoms with Gasteiger partial charge in [0.15, 0.2) is 0 Å². The van der Waals surface area contributed by atoms with E-state index in [1.54, 1.807) is 12.3 Å². The Hall–Kier alpha value is -2.34. The van der Waals surface area contributed by atoms with Crippen molar-refractivity contribution in [3.05, 3.63) is 53.4 Å². The quantitative estimate of drug-likeness (QED) is 0.908. The Morgan fingerprint density at radius 2 is 2.08 bits per heavy atom. The van der Waals surface area contributed by atoms with Crippen molar-refractivity contribution < 1.29 is 4.79 Å². The minimum absolute atomic E-state index is 0.0199. The van der Waals surface area contributed by atoms with E-state index in [4.69, 9.17) is 4.98 Å². The van der Waals surface area contributed by atoms with E-state index in [0.29, 0.717) is 11.6 Å². The van der Waals surface area contributed by atoms with Gasteiger partial charge in [0.2, 0.25) is 0 Å². The number of amides is 1. The molecule has 1 N–H and O–H groups in total. The van der Waals surface area contributed by atoms with Crippen LogP contribution in [-0.2, 0) is 13.0 Å². The highest BCUT2D eigenvalue weighted by Gasteiger charge is 2.27. The van der Waals surface area contributed by atoms with Crippen LogP contribution in [0.4, 0.5) is 0 Å². The molecule has 2 aliphatic rings. The van der Waals surface area contributed by atoms with Crippen LogP contribution in [0.5, 0.6) is 0 Å². The van der Waals surface area contributed by atoms with Crippen molar-refractivity contribution in [3.8, 4) is 0 Å². The van der Waals surface area contributed by atoms with E-state index < -0.39 is 0 Å². The summed E-state index contributed by atoms with van der Waals surface area (Å²) in [5.41, 5.74) is 2.92. The molecular formula is C18H21N5O.